The fourth-order valence-electron chi connectivity index (χ4n) is 12.9. The van der Waals surface area contributed by atoms with Gasteiger partial charge >= 0.3 is 0 Å². The summed E-state index contributed by atoms with van der Waals surface area (Å²) in [6, 6.07) is 82.7. The molecule has 0 unspecified atom stereocenters. The van der Waals surface area contributed by atoms with Gasteiger partial charge in [0, 0.05) is 63.2 Å². The summed E-state index contributed by atoms with van der Waals surface area (Å²) in [4.78, 5) is 23.5. The molecule has 6 nitrogen and oxygen atoms in total. The summed E-state index contributed by atoms with van der Waals surface area (Å²) in [7, 11) is 0. The number of hydrogen-bond donors (Lipinski definition) is 0. The van der Waals surface area contributed by atoms with Crippen molar-refractivity contribution in [2.45, 2.75) is 0 Å². The molecule has 0 radical (unpaired) electrons. The summed E-state index contributed by atoms with van der Waals surface area (Å²) in [5, 5.41) is 3.35. The number of anilines is 9. The minimum Gasteiger partial charge on any atom is -0.311 e. The van der Waals surface area contributed by atoms with E-state index in [0.717, 1.165) is 83.8 Å². The summed E-state index contributed by atoms with van der Waals surface area (Å²) in [6.07, 6.45) is 3.77. The van der Waals surface area contributed by atoms with E-state index >= 15 is 0 Å². The molecule has 0 N–H and O–H groups in total. The van der Waals surface area contributed by atoms with Crippen LogP contribution >= 0.6 is 0 Å². The second-order valence-corrected chi connectivity index (χ2v) is 19.4. The molecule has 0 aliphatic carbocycles. The Hall–Kier alpha value is -9.20. The molecule has 0 bridgehead atoms. The molecule has 330 valence electrons. The van der Waals surface area contributed by atoms with Crippen molar-refractivity contribution in [2.75, 3.05) is 14.7 Å². The van der Waals surface area contributed by atoms with Gasteiger partial charge in [0.2, 0.25) is 6.71 Å². The van der Waals surface area contributed by atoms with Gasteiger partial charge in [-0.25, -0.2) is 0 Å². The van der Waals surface area contributed by atoms with Crippen molar-refractivity contribution in [3.63, 3.8) is 0 Å². The lowest BCUT2D eigenvalue weighted by molar-refractivity contribution is 1.25. The highest BCUT2D eigenvalue weighted by molar-refractivity contribution is 7.04. The van der Waals surface area contributed by atoms with Crippen LogP contribution in [0.25, 0.3) is 32.7 Å². The number of aromatic nitrogens is 3. The Morgan fingerprint density at radius 1 is 0.333 bits per heavy atom. The lowest BCUT2D eigenvalue weighted by Crippen LogP contribution is -2.66. The first kappa shape index (κ1) is 39.6. The van der Waals surface area contributed by atoms with Gasteiger partial charge in [0.25, 0.3) is 13.4 Å². The van der Waals surface area contributed by atoms with E-state index in [-0.39, 0.29) is 20.1 Å². The largest absolute Gasteiger partial charge is 0.311 e. The second-order valence-electron chi connectivity index (χ2n) is 19.4. The van der Waals surface area contributed by atoms with Gasteiger partial charge < -0.3 is 14.7 Å². The SMILES string of the molecule is c1ccc(N2c3ccccc3B3c4ccccc4N(c4ccccc4)c4c3c2cc2c3c5c(nc42)B(c2ccc4ncccc4c2)c2ccccc2N5c2ccccc2B3c2ccc3ncccc3c2)cc1. The van der Waals surface area contributed by atoms with E-state index in [4.69, 9.17) is 15.0 Å². The van der Waals surface area contributed by atoms with Gasteiger partial charge in [-0.2, -0.15) is 0 Å². The Balaban J connectivity index is 1.13. The van der Waals surface area contributed by atoms with Gasteiger partial charge in [0.15, 0.2) is 0 Å². The quantitative estimate of drug-likeness (QED) is 0.165. The predicted octanol–water partition coefficient (Wildman–Crippen LogP) is 8.54. The molecule has 3 aromatic heterocycles. The minimum absolute atomic E-state index is 0.0635. The molecule has 72 heavy (non-hydrogen) atoms. The number of pyridine rings is 3. The van der Waals surface area contributed by atoms with E-state index in [1.807, 2.05) is 24.5 Å². The third-order valence-electron chi connectivity index (χ3n) is 15.8. The zero-order valence-electron chi connectivity index (χ0n) is 38.9. The summed E-state index contributed by atoms with van der Waals surface area (Å²) in [5.74, 6) is 0. The Kier molecular flexibility index (Phi) is 8.34. The Morgan fingerprint density at radius 3 is 1.39 bits per heavy atom. The predicted molar refractivity (Wildman–Crippen MR) is 303 cm³/mol. The van der Waals surface area contributed by atoms with E-state index in [1.54, 1.807) is 0 Å². The van der Waals surface area contributed by atoms with Gasteiger partial charge in [-0.1, -0.05) is 157 Å². The van der Waals surface area contributed by atoms with Crippen molar-refractivity contribution in [1.82, 2.24) is 15.0 Å². The van der Waals surface area contributed by atoms with Crippen molar-refractivity contribution in [3.8, 4) is 0 Å². The topological polar surface area (TPSA) is 48.4 Å². The average molecular weight is 912 g/mol. The van der Waals surface area contributed by atoms with E-state index in [2.05, 4.69) is 227 Å². The molecule has 0 fully saturated rings. The lowest BCUT2D eigenvalue weighted by atomic mass is 9.30. The van der Waals surface area contributed by atoms with Crippen LogP contribution in [0.1, 0.15) is 0 Å². The van der Waals surface area contributed by atoms with Crippen LogP contribution in [0.5, 0.6) is 0 Å². The van der Waals surface area contributed by atoms with Crippen molar-refractivity contribution >= 4 is 153 Å². The van der Waals surface area contributed by atoms with Crippen LogP contribution in [0, 0.1) is 0 Å². The molecule has 0 saturated carbocycles. The lowest BCUT2D eigenvalue weighted by Gasteiger charge is -2.46. The number of nitrogens with zero attached hydrogens (tertiary/aromatic N) is 6. The molecule has 7 heterocycles. The summed E-state index contributed by atoms with van der Waals surface area (Å²) in [5.41, 5.74) is 24.1. The highest BCUT2D eigenvalue weighted by Crippen LogP contribution is 2.48. The Bertz CT molecular complexity index is 4220. The third kappa shape index (κ3) is 5.50. The average Bonchev–Trinajstić information content (AvgIpc) is 3.45. The monoisotopic (exact) mass is 912 g/mol. The first-order valence-corrected chi connectivity index (χ1v) is 24.9. The maximum Gasteiger partial charge on any atom is 0.270 e. The molecular weight excluding hydrogens is 873 g/mol. The molecule has 4 aliphatic rings. The third-order valence-corrected chi connectivity index (χ3v) is 15.8. The number of benzene rings is 9. The normalized spacial score (nSPS) is 13.7. The van der Waals surface area contributed by atoms with Gasteiger partial charge in [-0.05, 0) is 122 Å². The molecule has 9 aromatic carbocycles. The fourth-order valence-corrected chi connectivity index (χ4v) is 12.9. The van der Waals surface area contributed by atoms with E-state index in [9.17, 15) is 0 Å². The summed E-state index contributed by atoms with van der Waals surface area (Å²) < 4.78 is 0. The van der Waals surface area contributed by atoms with E-state index in [0.29, 0.717) is 0 Å². The van der Waals surface area contributed by atoms with Crippen molar-refractivity contribution in [1.29, 1.82) is 0 Å². The van der Waals surface area contributed by atoms with E-state index in [1.165, 1.54) is 49.4 Å². The van der Waals surface area contributed by atoms with Gasteiger partial charge in [0.05, 0.1) is 27.9 Å². The smallest absolute Gasteiger partial charge is 0.270 e. The van der Waals surface area contributed by atoms with Crippen LogP contribution in [-0.2, 0) is 0 Å². The summed E-state index contributed by atoms with van der Waals surface area (Å²) >= 11 is 0. The first-order chi connectivity index (χ1) is 35.8. The van der Waals surface area contributed by atoms with Crippen molar-refractivity contribution in [3.05, 3.63) is 237 Å². The van der Waals surface area contributed by atoms with E-state index < -0.39 is 0 Å². The molecular formula is C63H39B3N6. The van der Waals surface area contributed by atoms with Crippen LogP contribution in [0.3, 0.4) is 0 Å². The van der Waals surface area contributed by atoms with Gasteiger partial charge in [-0.3, -0.25) is 15.0 Å². The zero-order valence-corrected chi connectivity index (χ0v) is 38.9. The Labute approximate surface area is 417 Å². The first-order valence-electron chi connectivity index (χ1n) is 24.9. The van der Waals surface area contributed by atoms with Crippen molar-refractivity contribution < 1.29 is 0 Å². The standard InChI is InChI=1S/C63H39B3N6/c1-3-19-44(20-4-1)70-53-27-11-9-25-49(53)66-50-26-10-12-28-54(50)71(45-21-5-2-6-22-45)61-59(66)57(70)39-46-58-62-63(69-60(46)61)65(43-32-34-52-41(38-43)18-16-36-68-52)48-24-8-14-30-56(48)72(62)55-29-13-7-23-47(55)64(58)42-31-33-51-40(37-42)17-15-35-67-51/h1-39H. The maximum absolute atomic E-state index is 6.32. The van der Waals surface area contributed by atoms with Gasteiger partial charge in [-0.15, -0.1) is 0 Å². The number of fused-ring (bicyclic) bond motifs is 13. The molecule has 0 spiro atoms. The molecule has 9 heteroatoms. The van der Waals surface area contributed by atoms with Crippen LogP contribution < -0.4 is 64.0 Å². The highest BCUT2D eigenvalue weighted by atomic mass is 15.2. The Morgan fingerprint density at radius 2 is 0.806 bits per heavy atom. The fraction of sp³-hybridized carbons (Fsp3) is 0. The molecule has 0 saturated heterocycles. The van der Waals surface area contributed by atoms with Crippen LogP contribution in [0.2, 0.25) is 0 Å². The maximum atomic E-state index is 6.32. The van der Waals surface area contributed by atoms with Gasteiger partial charge in [0.1, 0.15) is 0 Å². The number of para-hydroxylation sites is 6. The minimum atomic E-state index is -0.200. The second kappa shape index (κ2) is 15.2. The number of hydrogen-bond acceptors (Lipinski definition) is 6. The summed E-state index contributed by atoms with van der Waals surface area (Å²) in [6.45, 7) is -0.434. The molecule has 16 rings (SSSR count). The molecule has 0 atom stereocenters. The number of rotatable bonds is 4. The molecule has 0 amide bonds. The van der Waals surface area contributed by atoms with Crippen LogP contribution in [0.15, 0.2) is 237 Å². The van der Waals surface area contributed by atoms with Crippen LogP contribution in [0.4, 0.5) is 51.2 Å². The van der Waals surface area contributed by atoms with Crippen LogP contribution in [-0.4, -0.2) is 35.1 Å². The highest BCUT2D eigenvalue weighted by Gasteiger charge is 2.49. The molecule has 12 aromatic rings. The zero-order chi connectivity index (χ0) is 47.0. The molecule has 4 aliphatic heterocycles. The van der Waals surface area contributed by atoms with Crippen molar-refractivity contribution in [2.24, 2.45) is 0 Å².